The number of hydrogen-bond donors (Lipinski definition) is 2. The van der Waals surface area contributed by atoms with Gasteiger partial charge in [0.2, 0.25) is 5.91 Å². The highest BCUT2D eigenvalue weighted by Gasteiger charge is 2.31. The number of para-hydroxylation sites is 1. The molecule has 2 atom stereocenters. The van der Waals surface area contributed by atoms with Gasteiger partial charge >= 0.3 is 0 Å². The lowest BCUT2D eigenvalue weighted by molar-refractivity contribution is -0.385. The molecule has 1 aliphatic heterocycles. The van der Waals surface area contributed by atoms with E-state index in [1.165, 1.54) is 29.2 Å². The van der Waals surface area contributed by atoms with Crippen molar-refractivity contribution in [3.8, 4) is 0 Å². The fourth-order valence-electron chi connectivity index (χ4n) is 2.01. The van der Waals surface area contributed by atoms with Crippen molar-refractivity contribution in [2.24, 2.45) is 0 Å². The second-order valence-electron chi connectivity index (χ2n) is 4.53. The van der Waals surface area contributed by atoms with Crippen LogP contribution in [0.2, 0.25) is 0 Å². The summed E-state index contributed by atoms with van der Waals surface area (Å²) < 4.78 is 0. The fraction of sp³-hybridized carbons (Fsp3) is 0.308. The lowest BCUT2D eigenvalue weighted by Gasteiger charge is -2.11. The molecule has 1 aliphatic rings. The Bertz CT molecular complexity index is 547. The van der Waals surface area contributed by atoms with E-state index in [4.69, 9.17) is 0 Å². The second-order valence-corrected chi connectivity index (χ2v) is 4.53. The molecule has 0 radical (unpaired) electrons. The molecule has 2 rings (SSSR count). The second kappa shape index (κ2) is 5.81. The Kier molecular flexibility index (Phi) is 4.11. The summed E-state index contributed by atoms with van der Waals surface area (Å²) in [6.45, 7) is 0.114. The van der Waals surface area contributed by atoms with Crippen LogP contribution in [-0.2, 0) is 4.79 Å². The molecule has 1 saturated heterocycles. The van der Waals surface area contributed by atoms with E-state index in [0.29, 0.717) is 5.56 Å². The van der Waals surface area contributed by atoms with Crippen LogP contribution in [0.1, 0.15) is 5.56 Å². The van der Waals surface area contributed by atoms with Gasteiger partial charge in [0.05, 0.1) is 22.7 Å². The van der Waals surface area contributed by atoms with Gasteiger partial charge in [0.1, 0.15) is 0 Å². The molecule has 1 aromatic carbocycles. The van der Waals surface area contributed by atoms with Gasteiger partial charge in [0.25, 0.3) is 5.69 Å². The van der Waals surface area contributed by atoms with Crippen LogP contribution in [0.3, 0.4) is 0 Å². The maximum absolute atomic E-state index is 11.8. The summed E-state index contributed by atoms with van der Waals surface area (Å²) in [6, 6.07) is 6.08. The van der Waals surface area contributed by atoms with Gasteiger partial charge in [-0.25, -0.2) is 0 Å². The number of amides is 1. The number of hydrogen-bond acceptors (Lipinski definition) is 5. The monoisotopic (exact) mass is 278 g/mol. The van der Waals surface area contributed by atoms with Crippen LogP contribution in [0.15, 0.2) is 30.3 Å². The molecule has 7 heteroatoms. The Morgan fingerprint density at radius 1 is 1.30 bits per heavy atom. The van der Waals surface area contributed by atoms with Crippen molar-refractivity contribution in [2.75, 3.05) is 13.1 Å². The van der Waals surface area contributed by atoms with E-state index in [-0.39, 0.29) is 18.8 Å². The molecule has 20 heavy (non-hydrogen) atoms. The summed E-state index contributed by atoms with van der Waals surface area (Å²) in [6.07, 6.45) is 0.668. The number of nitro groups is 1. The smallest absolute Gasteiger partial charge is 0.276 e. The SMILES string of the molecule is O=C(/C=C/c1ccccc1[N+](=O)[O-])N1CC(O)C(O)C1. The predicted octanol–water partition coefficient (Wildman–Crippen LogP) is 0.172. The maximum atomic E-state index is 11.8. The average Bonchev–Trinajstić information content (AvgIpc) is 2.76. The molecule has 0 saturated carbocycles. The molecule has 0 bridgehead atoms. The van der Waals surface area contributed by atoms with Crippen LogP contribution in [0.5, 0.6) is 0 Å². The van der Waals surface area contributed by atoms with Gasteiger partial charge in [-0.1, -0.05) is 12.1 Å². The number of β-amino-alcohol motifs (C(OH)–C–C–N with tert-alkyl or cyclic N) is 2. The third-order valence-electron chi connectivity index (χ3n) is 3.11. The van der Waals surface area contributed by atoms with Crippen molar-refractivity contribution in [2.45, 2.75) is 12.2 Å². The standard InChI is InChI=1S/C13H14N2O5/c16-11-7-14(8-12(11)17)13(18)6-5-9-3-1-2-4-10(9)15(19)20/h1-6,11-12,16-17H,7-8H2/b6-5+. The van der Waals surface area contributed by atoms with Crippen LogP contribution >= 0.6 is 0 Å². The molecule has 2 unspecified atom stereocenters. The van der Waals surface area contributed by atoms with E-state index >= 15 is 0 Å². The molecule has 0 spiro atoms. The van der Waals surface area contributed by atoms with E-state index < -0.39 is 23.0 Å². The van der Waals surface area contributed by atoms with Crippen molar-refractivity contribution in [1.82, 2.24) is 4.90 Å². The number of aliphatic hydroxyl groups excluding tert-OH is 2. The molecular formula is C13H14N2O5. The van der Waals surface area contributed by atoms with Gasteiger partial charge in [-0.3, -0.25) is 14.9 Å². The van der Waals surface area contributed by atoms with E-state index in [0.717, 1.165) is 0 Å². The number of aliphatic hydroxyl groups is 2. The molecule has 1 aromatic rings. The van der Waals surface area contributed by atoms with Crippen molar-refractivity contribution in [3.05, 3.63) is 46.0 Å². The molecule has 2 N–H and O–H groups in total. The third kappa shape index (κ3) is 3.01. The predicted molar refractivity (Wildman–Crippen MR) is 70.7 cm³/mol. The highest BCUT2D eigenvalue weighted by Crippen LogP contribution is 2.19. The minimum Gasteiger partial charge on any atom is -0.388 e. The summed E-state index contributed by atoms with van der Waals surface area (Å²) in [7, 11) is 0. The summed E-state index contributed by atoms with van der Waals surface area (Å²) >= 11 is 0. The normalized spacial score (nSPS) is 22.4. The Balaban J connectivity index is 2.10. The molecule has 1 amide bonds. The van der Waals surface area contributed by atoms with Gasteiger partial charge in [0, 0.05) is 25.2 Å². The van der Waals surface area contributed by atoms with E-state index in [1.807, 2.05) is 0 Å². The fourth-order valence-corrected chi connectivity index (χ4v) is 2.01. The summed E-state index contributed by atoms with van der Waals surface area (Å²) in [5.74, 6) is -0.404. The Hall–Kier alpha value is -2.25. The van der Waals surface area contributed by atoms with E-state index in [2.05, 4.69) is 0 Å². The quantitative estimate of drug-likeness (QED) is 0.466. The topological polar surface area (TPSA) is 104 Å². The first kappa shape index (κ1) is 14.2. The van der Waals surface area contributed by atoms with Gasteiger partial charge in [-0.05, 0) is 12.1 Å². The van der Waals surface area contributed by atoms with Gasteiger partial charge < -0.3 is 15.1 Å². The molecule has 1 heterocycles. The Labute approximate surface area is 114 Å². The van der Waals surface area contributed by atoms with Crippen LogP contribution in [0, 0.1) is 10.1 Å². The van der Waals surface area contributed by atoms with Gasteiger partial charge in [-0.15, -0.1) is 0 Å². The summed E-state index contributed by atoms with van der Waals surface area (Å²) in [4.78, 5) is 23.4. The number of nitro benzene ring substituents is 1. The molecule has 1 fully saturated rings. The Morgan fingerprint density at radius 2 is 1.90 bits per heavy atom. The number of rotatable bonds is 3. The number of benzene rings is 1. The number of carbonyl (C=O) groups is 1. The molecule has 0 aliphatic carbocycles. The first-order chi connectivity index (χ1) is 9.49. The average molecular weight is 278 g/mol. The number of carbonyl (C=O) groups excluding carboxylic acids is 1. The molecule has 7 nitrogen and oxygen atoms in total. The van der Waals surface area contributed by atoms with Crippen LogP contribution in [0.25, 0.3) is 6.08 Å². The highest BCUT2D eigenvalue weighted by atomic mass is 16.6. The zero-order valence-corrected chi connectivity index (χ0v) is 10.5. The highest BCUT2D eigenvalue weighted by molar-refractivity contribution is 5.92. The largest absolute Gasteiger partial charge is 0.388 e. The van der Waals surface area contributed by atoms with Crippen molar-refractivity contribution in [3.63, 3.8) is 0 Å². The van der Waals surface area contributed by atoms with Gasteiger partial charge in [0.15, 0.2) is 0 Å². The maximum Gasteiger partial charge on any atom is 0.276 e. The van der Waals surface area contributed by atoms with E-state index in [1.54, 1.807) is 12.1 Å². The Morgan fingerprint density at radius 3 is 2.50 bits per heavy atom. The summed E-state index contributed by atoms with van der Waals surface area (Å²) in [5.41, 5.74) is 0.240. The first-order valence-electron chi connectivity index (χ1n) is 6.05. The lowest BCUT2D eigenvalue weighted by Crippen LogP contribution is -2.27. The lowest BCUT2D eigenvalue weighted by atomic mass is 10.1. The molecule has 106 valence electrons. The third-order valence-corrected chi connectivity index (χ3v) is 3.11. The van der Waals surface area contributed by atoms with Crippen molar-refractivity contribution < 1.29 is 19.9 Å². The molecular weight excluding hydrogens is 264 g/mol. The summed E-state index contributed by atoms with van der Waals surface area (Å²) in [5, 5.41) is 29.5. The zero-order chi connectivity index (χ0) is 14.7. The van der Waals surface area contributed by atoms with Crippen LogP contribution in [0.4, 0.5) is 5.69 Å². The minimum atomic E-state index is -0.946. The zero-order valence-electron chi connectivity index (χ0n) is 10.5. The van der Waals surface area contributed by atoms with Gasteiger partial charge in [-0.2, -0.15) is 0 Å². The number of likely N-dealkylation sites (tertiary alicyclic amines) is 1. The number of nitrogens with zero attached hydrogens (tertiary/aromatic N) is 2. The molecule has 0 aromatic heterocycles. The van der Waals surface area contributed by atoms with Crippen LogP contribution in [-0.4, -0.2) is 51.2 Å². The van der Waals surface area contributed by atoms with Crippen molar-refractivity contribution >= 4 is 17.7 Å². The van der Waals surface area contributed by atoms with E-state index in [9.17, 15) is 25.1 Å². The first-order valence-corrected chi connectivity index (χ1v) is 6.05. The minimum absolute atomic E-state index is 0.0568. The van der Waals surface area contributed by atoms with Crippen molar-refractivity contribution in [1.29, 1.82) is 0 Å². The van der Waals surface area contributed by atoms with Crippen LogP contribution < -0.4 is 0 Å².